The molecule has 6 nitrogen and oxygen atoms in total. The Labute approximate surface area is 267 Å². The van der Waals surface area contributed by atoms with Gasteiger partial charge in [0.15, 0.2) is 0 Å². The van der Waals surface area contributed by atoms with E-state index in [9.17, 15) is 18.0 Å². The molecule has 0 heterocycles. The Kier molecular flexibility index (Phi) is 36.2. The van der Waals surface area contributed by atoms with Crippen molar-refractivity contribution < 1.29 is 28.2 Å². The van der Waals surface area contributed by atoms with Gasteiger partial charge in [-0.15, -0.1) is 0 Å². The van der Waals surface area contributed by atoms with Crippen molar-refractivity contribution in [1.82, 2.24) is 0 Å². The molecule has 0 aromatic carbocycles. The molecule has 0 aromatic heterocycles. The summed E-state index contributed by atoms with van der Waals surface area (Å²) in [7, 11) is -2.81. The first-order chi connectivity index (χ1) is 20.7. The molecule has 258 valence electrons. The Hall–Kier alpha value is -1.11. The van der Waals surface area contributed by atoms with E-state index in [0.717, 1.165) is 25.7 Å². The van der Waals surface area contributed by atoms with Gasteiger partial charge in [-0.2, -0.15) is 0 Å². The van der Waals surface area contributed by atoms with Crippen LogP contribution in [0.4, 0.5) is 0 Å². The quantitative estimate of drug-likeness (QED) is 0.0697. The van der Waals surface area contributed by atoms with Crippen LogP contribution in [0.5, 0.6) is 0 Å². The van der Waals surface area contributed by atoms with Gasteiger partial charge >= 0.3 is 11.9 Å². The number of hydrogen-bond donors (Lipinski definition) is 2. The minimum Gasteiger partial charge on any atom is -0.481 e. The third kappa shape index (κ3) is 43.1. The predicted octanol–water partition coefficient (Wildman–Crippen LogP) is 11.3. The number of unbranched alkanes of at least 4 members (excludes halogenated alkanes) is 26. The molecule has 0 saturated carbocycles. The standard InChI is InChI=1S/C32H66O2S.C4H6O4/c1-3-5-7-9-11-13-15-17-19-21-23-25-27-29-31-35(33,34)32-30-28-26-24-22-20-18-16-14-12-10-8-6-4-2;5-3(6)1-2-4(7)8/h3-32H2,1-2H3;1-2H2,(H,5,6)(H,7,8). The first kappa shape index (κ1) is 44.0. The number of hydrogen-bond acceptors (Lipinski definition) is 4. The van der Waals surface area contributed by atoms with Crippen LogP contribution >= 0.6 is 0 Å². The van der Waals surface area contributed by atoms with Crippen molar-refractivity contribution in [2.24, 2.45) is 0 Å². The summed E-state index contributed by atoms with van der Waals surface area (Å²) in [6.07, 6.45) is 36.2. The molecule has 0 saturated heterocycles. The molecule has 0 aliphatic carbocycles. The first-order valence-electron chi connectivity index (χ1n) is 18.4. The summed E-state index contributed by atoms with van der Waals surface area (Å²) in [5.41, 5.74) is 0. The molecular formula is C36H72O6S. The van der Waals surface area contributed by atoms with Gasteiger partial charge in [0.2, 0.25) is 0 Å². The van der Waals surface area contributed by atoms with Crippen LogP contribution in [0.25, 0.3) is 0 Å². The van der Waals surface area contributed by atoms with Crippen LogP contribution in [-0.4, -0.2) is 42.1 Å². The highest BCUT2D eigenvalue weighted by molar-refractivity contribution is 7.91. The zero-order chi connectivity index (χ0) is 32.3. The third-order valence-electron chi connectivity index (χ3n) is 8.17. The molecule has 0 aromatic rings. The van der Waals surface area contributed by atoms with E-state index in [2.05, 4.69) is 13.8 Å². The number of rotatable bonds is 33. The summed E-state index contributed by atoms with van der Waals surface area (Å²) >= 11 is 0. The number of carboxylic acid groups (broad SMARTS) is 2. The number of carbonyl (C=O) groups is 2. The number of sulfone groups is 1. The fourth-order valence-corrected chi connectivity index (χ4v) is 6.84. The molecule has 0 spiro atoms. The molecule has 7 heteroatoms. The molecule has 43 heavy (non-hydrogen) atoms. The average molecular weight is 633 g/mol. The van der Waals surface area contributed by atoms with Crippen LogP contribution in [0, 0.1) is 0 Å². The highest BCUT2D eigenvalue weighted by Gasteiger charge is 2.09. The van der Waals surface area contributed by atoms with E-state index in [1.807, 2.05) is 0 Å². The second-order valence-electron chi connectivity index (χ2n) is 12.6. The summed E-state index contributed by atoms with van der Waals surface area (Å²) in [5.74, 6) is -1.31. The van der Waals surface area contributed by atoms with Crippen molar-refractivity contribution in [2.45, 2.75) is 206 Å². The second-order valence-corrected chi connectivity index (χ2v) is 14.9. The van der Waals surface area contributed by atoms with E-state index in [1.54, 1.807) is 0 Å². The molecule has 0 fully saturated rings. The summed E-state index contributed by atoms with van der Waals surface area (Å²) in [4.78, 5) is 19.3. The van der Waals surface area contributed by atoms with Gasteiger partial charge < -0.3 is 10.2 Å². The monoisotopic (exact) mass is 633 g/mol. The molecule has 0 rings (SSSR count). The predicted molar refractivity (Wildman–Crippen MR) is 184 cm³/mol. The van der Waals surface area contributed by atoms with Crippen LogP contribution < -0.4 is 0 Å². The third-order valence-corrected chi connectivity index (χ3v) is 9.99. The highest BCUT2D eigenvalue weighted by atomic mass is 32.2. The van der Waals surface area contributed by atoms with Crippen molar-refractivity contribution in [2.75, 3.05) is 11.5 Å². The lowest BCUT2D eigenvalue weighted by Crippen LogP contribution is -2.11. The molecule has 2 N–H and O–H groups in total. The SMILES string of the molecule is CCCCCCCCCCCCCCCCS(=O)(=O)CCCCCCCCCCCCCCCC.O=C(O)CCC(=O)O. The van der Waals surface area contributed by atoms with E-state index < -0.39 is 21.8 Å². The van der Waals surface area contributed by atoms with E-state index >= 15 is 0 Å². The van der Waals surface area contributed by atoms with Crippen molar-refractivity contribution in [3.63, 3.8) is 0 Å². The summed E-state index contributed by atoms with van der Waals surface area (Å²) in [6, 6.07) is 0. The Balaban J connectivity index is 0. The minimum absolute atomic E-state index is 0.296. The van der Waals surface area contributed by atoms with Gasteiger partial charge in [-0.25, -0.2) is 8.42 Å². The first-order valence-corrected chi connectivity index (χ1v) is 20.2. The molecule has 0 unspecified atom stereocenters. The van der Waals surface area contributed by atoms with E-state index in [1.165, 1.54) is 154 Å². The van der Waals surface area contributed by atoms with Gasteiger partial charge in [0, 0.05) is 0 Å². The Morgan fingerprint density at radius 2 is 0.558 bits per heavy atom. The lowest BCUT2D eigenvalue weighted by atomic mass is 10.0. The summed E-state index contributed by atoms with van der Waals surface area (Å²) in [5, 5.41) is 15.8. The van der Waals surface area contributed by atoms with Gasteiger partial charge in [-0.1, -0.05) is 181 Å². The van der Waals surface area contributed by atoms with Crippen LogP contribution in [0.2, 0.25) is 0 Å². The van der Waals surface area contributed by atoms with Gasteiger partial charge in [-0.3, -0.25) is 9.59 Å². The van der Waals surface area contributed by atoms with Crippen LogP contribution in [-0.2, 0) is 19.4 Å². The average Bonchev–Trinajstić information content (AvgIpc) is 2.96. The van der Waals surface area contributed by atoms with Gasteiger partial charge in [0.1, 0.15) is 9.84 Å². The molecule has 0 aliphatic heterocycles. The van der Waals surface area contributed by atoms with Crippen molar-refractivity contribution in [3.8, 4) is 0 Å². The molecular weight excluding hydrogens is 560 g/mol. The maximum atomic E-state index is 12.3. The van der Waals surface area contributed by atoms with E-state index in [-0.39, 0.29) is 12.8 Å². The molecule has 0 atom stereocenters. The maximum Gasteiger partial charge on any atom is 0.303 e. The van der Waals surface area contributed by atoms with Gasteiger partial charge in [0.25, 0.3) is 0 Å². The van der Waals surface area contributed by atoms with Crippen LogP contribution in [0.1, 0.15) is 206 Å². The molecule has 0 amide bonds. The van der Waals surface area contributed by atoms with Crippen molar-refractivity contribution >= 4 is 21.8 Å². The molecule has 0 bridgehead atoms. The second kappa shape index (κ2) is 35.4. The van der Waals surface area contributed by atoms with Crippen LogP contribution in [0.3, 0.4) is 0 Å². The Morgan fingerprint density at radius 1 is 0.372 bits per heavy atom. The smallest absolute Gasteiger partial charge is 0.303 e. The Morgan fingerprint density at radius 3 is 0.744 bits per heavy atom. The largest absolute Gasteiger partial charge is 0.481 e. The summed E-state index contributed by atoms with van der Waals surface area (Å²) in [6.45, 7) is 4.56. The van der Waals surface area contributed by atoms with Gasteiger partial charge in [-0.05, 0) is 12.8 Å². The lowest BCUT2D eigenvalue weighted by Gasteiger charge is -2.06. The fourth-order valence-electron chi connectivity index (χ4n) is 5.35. The van der Waals surface area contributed by atoms with Gasteiger partial charge in [0.05, 0.1) is 24.3 Å². The van der Waals surface area contributed by atoms with Crippen molar-refractivity contribution in [1.29, 1.82) is 0 Å². The zero-order valence-corrected chi connectivity index (χ0v) is 29.4. The summed E-state index contributed by atoms with van der Waals surface area (Å²) < 4.78 is 24.5. The maximum absolute atomic E-state index is 12.3. The highest BCUT2D eigenvalue weighted by Crippen LogP contribution is 2.15. The van der Waals surface area contributed by atoms with E-state index in [4.69, 9.17) is 10.2 Å². The molecule has 0 aliphatic rings. The fraction of sp³-hybridized carbons (Fsp3) is 0.944. The number of carboxylic acids is 2. The normalized spacial score (nSPS) is 11.3. The lowest BCUT2D eigenvalue weighted by molar-refractivity contribution is -0.143. The zero-order valence-electron chi connectivity index (χ0n) is 28.6. The number of aliphatic carboxylic acids is 2. The topological polar surface area (TPSA) is 109 Å². The minimum atomic E-state index is -2.81. The van der Waals surface area contributed by atoms with Crippen molar-refractivity contribution in [3.05, 3.63) is 0 Å². The van der Waals surface area contributed by atoms with Crippen LogP contribution in [0.15, 0.2) is 0 Å². The Bertz CT molecular complexity index is 640. The molecule has 0 radical (unpaired) electrons. The van der Waals surface area contributed by atoms with E-state index in [0.29, 0.717) is 11.5 Å².